The van der Waals surface area contributed by atoms with E-state index in [0.717, 1.165) is 31.2 Å². The highest BCUT2D eigenvalue weighted by Crippen LogP contribution is 2.30. The van der Waals surface area contributed by atoms with Crippen molar-refractivity contribution in [3.8, 4) is 0 Å². The zero-order chi connectivity index (χ0) is 22.1. The Bertz CT molecular complexity index is 1270. The van der Waals surface area contributed by atoms with Crippen molar-refractivity contribution in [2.45, 2.75) is 40.7 Å². The molecule has 1 heterocycles. The van der Waals surface area contributed by atoms with E-state index >= 15 is 0 Å². The van der Waals surface area contributed by atoms with Gasteiger partial charge in [-0.1, -0.05) is 17.7 Å². The summed E-state index contributed by atoms with van der Waals surface area (Å²) in [6, 6.07) is 13.9. The Morgan fingerprint density at radius 2 is 1.58 bits per heavy atom. The van der Waals surface area contributed by atoms with Crippen LogP contribution >= 0.6 is 11.6 Å². The van der Waals surface area contributed by atoms with Crippen LogP contribution in [0.2, 0.25) is 5.02 Å². The molecule has 0 spiro atoms. The van der Waals surface area contributed by atoms with Gasteiger partial charge in [-0.15, -0.1) is 0 Å². The lowest BCUT2D eigenvalue weighted by Crippen LogP contribution is -2.32. The van der Waals surface area contributed by atoms with E-state index in [1.54, 1.807) is 18.2 Å². The maximum absolute atomic E-state index is 13.2. The number of aryl methyl sites for hydroxylation is 2. The smallest absolute Gasteiger partial charge is 0.240 e. The van der Waals surface area contributed by atoms with Gasteiger partial charge >= 0.3 is 0 Å². The first-order valence-electron chi connectivity index (χ1n) is 9.92. The van der Waals surface area contributed by atoms with Gasteiger partial charge in [-0.05, 0) is 85.3 Å². The topological polar surface area (TPSA) is 93.4 Å². The molecule has 0 saturated heterocycles. The minimum Gasteiger partial charge on any atom is -0.468 e. The number of nitrogens with one attached hydrogen (secondary N) is 1. The van der Waals surface area contributed by atoms with Gasteiger partial charge in [0, 0.05) is 11.6 Å². The first-order chi connectivity index (χ1) is 14.8. The molecule has 1 atom stereocenters. The molecule has 4 rings (SSSR count). The van der Waals surface area contributed by atoms with Gasteiger partial charge in [-0.2, -0.15) is 0 Å². The van der Waals surface area contributed by atoms with E-state index < -0.39 is 25.1 Å². The van der Waals surface area contributed by atoms with Crippen LogP contribution in [0.1, 0.15) is 35.0 Å². The number of sulfonamides is 1. The van der Waals surface area contributed by atoms with Crippen molar-refractivity contribution in [1.82, 2.24) is 4.72 Å². The number of halogens is 1. The normalized spacial score (nSPS) is 15.4. The van der Waals surface area contributed by atoms with Crippen LogP contribution in [0.25, 0.3) is 0 Å². The molecule has 3 aromatic rings. The van der Waals surface area contributed by atoms with E-state index in [-0.39, 0.29) is 22.1 Å². The third-order valence-electron chi connectivity index (χ3n) is 5.47. The van der Waals surface area contributed by atoms with Crippen molar-refractivity contribution in [2.75, 3.05) is 6.54 Å². The van der Waals surface area contributed by atoms with E-state index in [2.05, 4.69) is 4.72 Å². The molecule has 0 unspecified atom stereocenters. The second-order valence-electron chi connectivity index (χ2n) is 7.49. The van der Waals surface area contributed by atoms with Gasteiger partial charge in [0.15, 0.2) is 9.84 Å². The Hall–Kier alpha value is -2.13. The van der Waals surface area contributed by atoms with Gasteiger partial charge in [0.25, 0.3) is 0 Å². The number of hydrogen-bond donors (Lipinski definition) is 1. The van der Waals surface area contributed by atoms with Crippen LogP contribution in [-0.2, 0) is 32.7 Å². The summed E-state index contributed by atoms with van der Waals surface area (Å²) in [5.74, 6) is 0.156. The van der Waals surface area contributed by atoms with Gasteiger partial charge in [0.2, 0.25) is 10.0 Å². The van der Waals surface area contributed by atoms with E-state index in [9.17, 15) is 16.8 Å². The Morgan fingerprint density at radius 1 is 0.903 bits per heavy atom. The summed E-state index contributed by atoms with van der Waals surface area (Å²) < 4.78 is 60.2. The molecule has 1 aromatic heterocycles. The standard InChI is InChI=1S/C22H22ClNO5S2/c23-18-8-11-19(12-9-18)30(25,26)22(21-6-3-13-29-21)15-24-31(27,28)20-10-7-16-4-1-2-5-17(16)14-20/h3,6-14,22,24H,1-2,4-5,15H2/t22-/m0/s1. The van der Waals surface area contributed by atoms with E-state index in [1.807, 2.05) is 6.07 Å². The second-order valence-corrected chi connectivity index (χ2v) is 11.8. The Balaban J connectivity index is 1.62. The molecule has 0 aliphatic heterocycles. The Kier molecular flexibility index (Phi) is 6.25. The molecule has 1 aliphatic carbocycles. The molecular weight excluding hydrogens is 458 g/mol. The minimum absolute atomic E-state index is 0.0336. The van der Waals surface area contributed by atoms with Crippen molar-refractivity contribution in [3.05, 3.63) is 82.8 Å². The molecule has 0 amide bonds. The van der Waals surface area contributed by atoms with Gasteiger partial charge in [0.05, 0.1) is 16.1 Å². The molecule has 0 radical (unpaired) electrons. The zero-order valence-corrected chi connectivity index (χ0v) is 19.0. The van der Waals surface area contributed by atoms with Gasteiger partial charge in [-0.25, -0.2) is 21.6 Å². The maximum Gasteiger partial charge on any atom is 0.240 e. The quantitative estimate of drug-likeness (QED) is 0.545. The first-order valence-corrected chi connectivity index (χ1v) is 13.3. The number of furan rings is 1. The summed E-state index contributed by atoms with van der Waals surface area (Å²) in [5, 5.41) is -0.822. The average Bonchev–Trinajstić information content (AvgIpc) is 3.28. The fourth-order valence-corrected chi connectivity index (χ4v) is 6.69. The van der Waals surface area contributed by atoms with Crippen LogP contribution in [0.4, 0.5) is 0 Å². The van der Waals surface area contributed by atoms with Gasteiger partial charge in [0.1, 0.15) is 11.0 Å². The van der Waals surface area contributed by atoms with Crippen molar-refractivity contribution in [3.63, 3.8) is 0 Å². The highest BCUT2D eigenvalue weighted by Gasteiger charge is 2.33. The fourth-order valence-electron chi connectivity index (χ4n) is 3.77. The lowest BCUT2D eigenvalue weighted by atomic mass is 9.92. The molecule has 0 bridgehead atoms. The van der Waals surface area contributed by atoms with E-state index in [4.69, 9.17) is 16.0 Å². The summed E-state index contributed by atoms with van der Waals surface area (Å²) in [5.41, 5.74) is 2.20. The summed E-state index contributed by atoms with van der Waals surface area (Å²) >= 11 is 5.88. The monoisotopic (exact) mass is 479 g/mol. The number of benzene rings is 2. The maximum atomic E-state index is 13.2. The van der Waals surface area contributed by atoms with Crippen molar-refractivity contribution < 1.29 is 21.3 Å². The predicted octanol–water partition coefficient (Wildman–Crippen LogP) is 4.31. The predicted molar refractivity (Wildman–Crippen MR) is 118 cm³/mol. The molecule has 31 heavy (non-hydrogen) atoms. The lowest BCUT2D eigenvalue weighted by molar-refractivity contribution is 0.486. The molecule has 9 heteroatoms. The van der Waals surface area contributed by atoms with Crippen LogP contribution < -0.4 is 4.72 Å². The Labute approximate surface area is 187 Å². The SMILES string of the molecule is O=S(=O)(NC[C@@H](c1ccco1)S(=O)(=O)c1ccc(Cl)cc1)c1ccc2c(c1)CCCC2. The van der Waals surface area contributed by atoms with E-state index in [1.165, 1.54) is 42.2 Å². The summed E-state index contributed by atoms with van der Waals surface area (Å²) in [6.45, 7) is -0.363. The first kappa shape index (κ1) is 22.1. The molecular formula is C22H22ClNO5S2. The highest BCUT2D eigenvalue weighted by atomic mass is 35.5. The van der Waals surface area contributed by atoms with Crippen LogP contribution in [0, 0.1) is 0 Å². The highest BCUT2D eigenvalue weighted by molar-refractivity contribution is 7.92. The van der Waals surface area contributed by atoms with Crippen molar-refractivity contribution in [1.29, 1.82) is 0 Å². The third kappa shape index (κ3) is 4.72. The molecule has 2 aromatic carbocycles. The van der Waals surface area contributed by atoms with Crippen LogP contribution in [0.3, 0.4) is 0 Å². The lowest BCUT2D eigenvalue weighted by Gasteiger charge is -2.19. The number of fused-ring (bicyclic) bond motifs is 1. The summed E-state index contributed by atoms with van der Waals surface area (Å²) in [7, 11) is -7.85. The molecule has 0 fully saturated rings. The number of sulfone groups is 1. The van der Waals surface area contributed by atoms with Gasteiger partial charge < -0.3 is 4.42 Å². The molecule has 1 N–H and O–H groups in total. The third-order valence-corrected chi connectivity index (χ3v) is 9.22. The molecule has 0 saturated carbocycles. The largest absolute Gasteiger partial charge is 0.468 e. The van der Waals surface area contributed by atoms with E-state index in [0.29, 0.717) is 5.02 Å². The van der Waals surface area contributed by atoms with Crippen LogP contribution in [0.5, 0.6) is 0 Å². The summed E-state index contributed by atoms with van der Waals surface area (Å²) in [4.78, 5) is 0.168. The summed E-state index contributed by atoms with van der Waals surface area (Å²) in [6.07, 6.45) is 5.29. The van der Waals surface area contributed by atoms with Crippen LogP contribution in [-0.4, -0.2) is 23.4 Å². The Morgan fingerprint density at radius 3 is 2.26 bits per heavy atom. The number of rotatable bonds is 7. The van der Waals surface area contributed by atoms with Gasteiger partial charge in [-0.3, -0.25) is 0 Å². The second kappa shape index (κ2) is 8.78. The average molecular weight is 480 g/mol. The number of hydrogen-bond acceptors (Lipinski definition) is 5. The molecule has 6 nitrogen and oxygen atoms in total. The molecule has 164 valence electrons. The van der Waals surface area contributed by atoms with Crippen LogP contribution in [0.15, 0.2) is 75.1 Å². The molecule has 1 aliphatic rings. The van der Waals surface area contributed by atoms with Crippen molar-refractivity contribution >= 4 is 31.5 Å². The fraction of sp³-hybridized carbons (Fsp3) is 0.273. The zero-order valence-electron chi connectivity index (χ0n) is 16.6. The minimum atomic E-state index is -3.94. The van der Waals surface area contributed by atoms with Crippen molar-refractivity contribution in [2.24, 2.45) is 0 Å².